The molecule has 0 amide bonds. The first-order chi connectivity index (χ1) is 9.73. The Labute approximate surface area is 131 Å². The molecule has 0 saturated heterocycles. The van der Waals surface area contributed by atoms with Gasteiger partial charge in [0.15, 0.2) is 0 Å². The van der Waals surface area contributed by atoms with E-state index in [0.717, 1.165) is 47.6 Å². The average Bonchev–Trinajstić information content (AvgIpc) is 2.41. The largest absolute Gasteiger partial charge is 0.311 e. The van der Waals surface area contributed by atoms with Crippen molar-refractivity contribution in [3.8, 4) is 0 Å². The van der Waals surface area contributed by atoms with Crippen molar-refractivity contribution < 1.29 is 0 Å². The van der Waals surface area contributed by atoms with Crippen molar-refractivity contribution in [2.75, 3.05) is 0 Å². The molecule has 0 unspecified atom stereocenters. The number of nitrogens with one attached hydrogen (secondary N) is 1. The molecule has 1 heteroatoms. The molecule has 4 bridgehead atoms. The van der Waals surface area contributed by atoms with E-state index in [4.69, 9.17) is 0 Å². The lowest BCUT2D eigenvalue weighted by atomic mass is 9.43. The highest BCUT2D eigenvalue weighted by molar-refractivity contribution is 5.10. The molecule has 6 saturated carbocycles. The lowest BCUT2D eigenvalue weighted by Crippen LogP contribution is -2.65. The maximum atomic E-state index is 4.15. The van der Waals surface area contributed by atoms with Crippen LogP contribution in [0.5, 0.6) is 0 Å². The SMILES string of the molecule is C[C@@H]1[C@H]2C[C@@H](C[C@H]1N[C@@H]1C[C@@H]3C[C@H]([C@H]1C)C3(C)C)C2(C)C. The fraction of sp³-hybridized carbons (Fsp3) is 1.00. The van der Waals surface area contributed by atoms with Crippen LogP contribution in [0.25, 0.3) is 0 Å². The first kappa shape index (κ1) is 14.5. The zero-order valence-corrected chi connectivity index (χ0v) is 14.9. The minimum absolute atomic E-state index is 0.625. The van der Waals surface area contributed by atoms with Gasteiger partial charge in [-0.1, -0.05) is 41.5 Å². The van der Waals surface area contributed by atoms with Crippen molar-refractivity contribution in [3.05, 3.63) is 0 Å². The van der Waals surface area contributed by atoms with Crippen LogP contribution >= 0.6 is 0 Å². The lowest BCUT2D eigenvalue weighted by molar-refractivity contribution is -0.139. The first-order valence-electron chi connectivity index (χ1n) is 9.49. The summed E-state index contributed by atoms with van der Waals surface area (Å²) in [6, 6.07) is 1.60. The van der Waals surface area contributed by atoms with Crippen molar-refractivity contribution in [3.63, 3.8) is 0 Å². The predicted molar refractivity (Wildman–Crippen MR) is 89.0 cm³/mol. The first-order valence-corrected chi connectivity index (χ1v) is 9.49. The van der Waals surface area contributed by atoms with E-state index in [0.29, 0.717) is 10.8 Å². The van der Waals surface area contributed by atoms with Gasteiger partial charge < -0.3 is 5.32 Å². The minimum Gasteiger partial charge on any atom is -0.311 e. The molecule has 0 aromatic heterocycles. The van der Waals surface area contributed by atoms with Gasteiger partial charge in [0.25, 0.3) is 0 Å². The van der Waals surface area contributed by atoms with Crippen molar-refractivity contribution >= 4 is 0 Å². The monoisotopic (exact) mass is 289 g/mol. The van der Waals surface area contributed by atoms with Crippen LogP contribution in [0.3, 0.4) is 0 Å². The van der Waals surface area contributed by atoms with E-state index in [1.807, 2.05) is 0 Å². The van der Waals surface area contributed by atoms with Crippen LogP contribution in [0.1, 0.15) is 67.2 Å². The van der Waals surface area contributed by atoms with Gasteiger partial charge in [-0.05, 0) is 72.0 Å². The highest BCUT2D eigenvalue weighted by Crippen LogP contribution is 2.63. The van der Waals surface area contributed by atoms with Gasteiger partial charge in [0.2, 0.25) is 0 Å². The molecule has 0 aliphatic heterocycles. The molecule has 8 atom stereocenters. The van der Waals surface area contributed by atoms with Crippen LogP contribution in [0.2, 0.25) is 0 Å². The second-order valence-corrected chi connectivity index (χ2v) is 10.3. The summed E-state index contributed by atoms with van der Waals surface area (Å²) < 4.78 is 0. The Hall–Kier alpha value is -0.0400. The number of hydrogen-bond donors (Lipinski definition) is 1. The Bertz CT molecular complexity index is 397. The minimum atomic E-state index is 0.625. The van der Waals surface area contributed by atoms with Crippen LogP contribution in [0.4, 0.5) is 0 Å². The number of rotatable bonds is 2. The fourth-order valence-corrected chi connectivity index (χ4v) is 7.01. The predicted octanol–water partition coefficient (Wildman–Crippen LogP) is 4.72. The Balaban J connectivity index is 1.42. The van der Waals surface area contributed by atoms with E-state index < -0.39 is 0 Å². The standard InChI is InChI=1S/C20H35N/c1-11-15-7-13(19(15,3)4)9-17(11)21-18-10-14-8-16(12(18)2)20(14,5)6/h11-18,21H,7-10H2,1-6H3/t11-,12-,13+,14+,15-,16-,17-,18-/m1/s1. The summed E-state index contributed by atoms with van der Waals surface area (Å²) in [5, 5.41) is 4.15. The van der Waals surface area contributed by atoms with Gasteiger partial charge in [-0.2, -0.15) is 0 Å². The van der Waals surface area contributed by atoms with Gasteiger partial charge in [-0.15, -0.1) is 0 Å². The third kappa shape index (κ3) is 1.79. The van der Waals surface area contributed by atoms with Gasteiger partial charge >= 0.3 is 0 Å². The maximum absolute atomic E-state index is 4.15. The quantitative estimate of drug-likeness (QED) is 0.776. The van der Waals surface area contributed by atoms with Gasteiger partial charge in [0.05, 0.1) is 0 Å². The maximum Gasteiger partial charge on any atom is 0.0101 e. The molecule has 6 aliphatic rings. The Kier molecular flexibility index (Phi) is 2.96. The van der Waals surface area contributed by atoms with E-state index in [-0.39, 0.29) is 0 Å². The summed E-state index contributed by atoms with van der Waals surface area (Å²) in [5.41, 5.74) is 1.25. The highest BCUT2D eigenvalue weighted by Gasteiger charge is 2.59. The Morgan fingerprint density at radius 1 is 0.667 bits per heavy atom. The second-order valence-electron chi connectivity index (χ2n) is 10.3. The summed E-state index contributed by atoms with van der Waals surface area (Å²) >= 11 is 0. The van der Waals surface area contributed by atoms with Gasteiger partial charge in [-0.3, -0.25) is 0 Å². The van der Waals surface area contributed by atoms with Crippen LogP contribution in [0.15, 0.2) is 0 Å². The molecule has 120 valence electrons. The van der Waals surface area contributed by atoms with Crippen molar-refractivity contribution in [2.24, 2.45) is 46.3 Å². The Morgan fingerprint density at radius 2 is 1.05 bits per heavy atom. The fourth-order valence-electron chi connectivity index (χ4n) is 7.01. The average molecular weight is 290 g/mol. The van der Waals surface area contributed by atoms with Crippen LogP contribution in [-0.4, -0.2) is 12.1 Å². The second kappa shape index (κ2) is 4.28. The molecule has 6 rings (SSSR count). The summed E-state index contributed by atoms with van der Waals surface area (Å²) in [4.78, 5) is 0. The molecule has 0 radical (unpaired) electrons. The van der Waals surface area contributed by atoms with Crippen molar-refractivity contribution in [1.29, 1.82) is 0 Å². The Morgan fingerprint density at radius 3 is 1.33 bits per heavy atom. The summed E-state index contributed by atoms with van der Waals surface area (Å²) in [7, 11) is 0. The van der Waals surface area contributed by atoms with Crippen LogP contribution in [-0.2, 0) is 0 Å². The van der Waals surface area contributed by atoms with Crippen LogP contribution < -0.4 is 5.32 Å². The lowest BCUT2D eigenvalue weighted by Gasteiger charge is -2.65. The molecule has 1 nitrogen and oxygen atoms in total. The molecule has 1 N–H and O–H groups in total. The molecule has 0 spiro atoms. The highest BCUT2D eigenvalue weighted by atomic mass is 15.0. The zero-order valence-electron chi connectivity index (χ0n) is 14.9. The third-order valence-corrected chi connectivity index (χ3v) is 9.14. The van der Waals surface area contributed by atoms with Crippen molar-refractivity contribution in [2.45, 2.75) is 79.3 Å². The van der Waals surface area contributed by atoms with E-state index in [9.17, 15) is 0 Å². The number of fused-ring (bicyclic) bond motifs is 4. The number of hydrogen-bond acceptors (Lipinski definition) is 1. The van der Waals surface area contributed by atoms with E-state index in [1.54, 1.807) is 0 Å². The third-order valence-electron chi connectivity index (χ3n) is 9.14. The molecular formula is C20H35N. The zero-order chi connectivity index (χ0) is 15.2. The van der Waals surface area contributed by atoms with E-state index >= 15 is 0 Å². The molecule has 0 aromatic carbocycles. The van der Waals surface area contributed by atoms with Gasteiger partial charge in [-0.25, -0.2) is 0 Å². The smallest absolute Gasteiger partial charge is 0.0101 e. The molecule has 21 heavy (non-hydrogen) atoms. The molecule has 0 aromatic rings. The normalized spacial score (nSPS) is 56.3. The molecule has 0 heterocycles. The summed E-state index contributed by atoms with van der Waals surface area (Å²) in [6.45, 7) is 15.1. The summed E-state index contributed by atoms with van der Waals surface area (Å²) in [5.74, 6) is 5.67. The van der Waals surface area contributed by atoms with Crippen LogP contribution in [0, 0.1) is 46.3 Å². The van der Waals surface area contributed by atoms with E-state index in [1.165, 1.54) is 25.7 Å². The van der Waals surface area contributed by atoms with E-state index in [2.05, 4.69) is 46.9 Å². The van der Waals surface area contributed by atoms with Gasteiger partial charge in [0, 0.05) is 12.1 Å². The molecule has 6 aliphatic carbocycles. The molecular weight excluding hydrogens is 254 g/mol. The van der Waals surface area contributed by atoms with Gasteiger partial charge in [0.1, 0.15) is 0 Å². The van der Waals surface area contributed by atoms with Crippen molar-refractivity contribution in [1.82, 2.24) is 5.32 Å². The topological polar surface area (TPSA) is 12.0 Å². The molecule has 6 fully saturated rings. The summed E-state index contributed by atoms with van der Waals surface area (Å²) in [6.07, 6.45) is 5.88.